The number of hydrogen-bond donors (Lipinski definition) is 0. The Labute approximate surface area is 116 Å². The molecule has 1 aromatic heterocycles. The van der Waals surface area contributed by atoms with Gasteiger partial charge in [-0.3, -0.25) is 4.79 Å². The van der Waals surface area contributed by atoms with E-state index in [4.69, 9.17) is 0 Å². The summed E-state index contributed by atoms with van der Waals surface area (Å²) in [6.07, 6.45) is 0.987. The van der Waals surface area contributed by atoms with E-state index >= 15 is 0 Å². The van der Waals surface area contributed by atoms with E-state index in [1.807, 2.05) is 47.7 Å². The molecule has 1 heterocycles. The molecule has 2 aromatic rings. The number of anilines is 2. The summed E-state index contributed by atoms with van der Waals surface area (Å²) in [6.45, 7) is 0. The zero-order valence-electron chi connectivity index (χ0n) is 11.0. The first-order chi connectivity index (χ1) is 9.20. The Morgan fingerprint density at radius 2 is 2.11 bits per heavy atom. The number of esters is 1. The summed E-state index contributed by atoms with van der Waals surface area (Å²) in [5.41, 5.74) is 2.02. The highest BCUT2D eigenvalue weighted by molar-refractivity contribution is 7.13. The Hall–Kier alpha value is -1.88. The number of benzene rings is 1. The lowest BCUT2D eigenvalue weighted by atomic mass is 10.2. The van der Waals surface area contributed by atoms with Crippen LogP contribution in [0.1, 0.15) is 12.1 Å². The molecule has 0 aliphatic carbocycles. The number of ether oxygens (including phenoxy) is 1. The summed E-state index contributed by atoms with van der Waals surface area (Å²) in [6, 6.07) is 10.1. The number of nitrogens with zero attached hydrogens (tertiary/aromatic N) is 2. The van der Waals surface area contributed by atoms with Crippen molar-refractivity contribution in [3.05, 3.63) is 41.4 Å². The molecule has 0 fully saturated rings. The molecule has 0 saturated heterocycles. The Bertz CT molecular complexity index is 539. The van der Waals surface area contributed by atoms with Crippen molar-refractivity contribution in [1.29, 1.82) is 0 Å². The summed E-state index contributed by atoms with van der Waals surface area (Å²) in [7, 11) is 3.39. The van der Waals surface area contributed by atoms with Gasteiger partial charge in [-0.25, -0.2) is 4.98 Å². The number of aryl methyl sites for hydroxylation is 1. The van der Waals surface area contributed by atoms with E-state index in [2.05, 4.69) is 9.72 Å². The number of carbonyl (C=O) groups is 1. The van der Waals surface area contributed by atoms with Crippen LogP contribution in [0.3, 0.4) is 0 Å². The number of thiazole rings is 1. The zero-order valence-corrected chi connectivity index (χ0v) is 11.8. The van der Waals surface area contributed by atoms with Crippen LogP contribution >= 0.6 is 11.3 Å². The number of methoxy groups -OCH3 is 1. The number of carbonyl (C=O) groups excluding carboxylic acids is 1. The second kappa shape index (κ2) is 6.33. The van der Waals surface area contributed by atoms with Gasteiger partial charge in [-0.15, -0.1) is 11.3 Å². The Morgan fingerprint density at radius 3 is 2.79 bits per heavy atom. The van der Waals surface area contributed by atoms with Crippen LogP contribution in [0.5, 0.6) is 0 Å². The summed E-state index contributed by atoms with van der Waals surface area (Å²) in [4.78, 5) is 17.7. The highest BCUT2D eigenvalue weighted by atomic mass is 32.1. The molecule has 0 spiro atoms. The lowest BCUT2D eigenvalue weighted by Gasteiger charge is -2.15. The van der Waals surface area contributed by atoms with Gasteiger partial charge in [0.2, 0.25) is 0 Å². The Balaban J connectivity index is 2.02. The fraction of sp³-hybridized carbons (Fsp3) is 0.286. The monoisotopic (exact) mass is 276 g/mol. The van der Waals surface area contributed by atoms with E-state index in [0.29, 0.717) is 12.8 Å². The molecule has 19 heavy (non-hydrogen) atoms. The minimum Gasteiger partial charge on any atom is -0.469 e. The average molecular weight is 276 g/mol. The third kappa shape index (κ3) is 3.54. The van der Waals surface area contributed by atoms with Crippen molar-refractivity contribution >= 4 is 28.1 Å². The van der Waals surface area contributed by atoms with E-state index in [9.17, 15) is 4.79 Å². The third-order valence-electron chi connectivity index (χ3n) is 2.78. The standard InChI is InChI=1S/C14H16N2O2S/c1-16(12-6-4-3-5-7-12)14-15-11(10-19-14)8-9-13(17)18-2/h3-7,10H,8-9H2,1-2H3. The molecule has 0 N–H and O–H groups in total. The van der Waals surface area contributed by atoms with Gasteiger partial charge in [0.15, 0.2) is 5.13 Å². The molecule has 0 unspecified atom stereocenters. The van der Waals surface area contributed by atoms with Gasteiger partial charge in [-0.05, 0) is 12.1 Å². The van der Waals surface area contributed by atoms with Crippen LogP contribution in [-0.4, -0.2) is 25.1 Å². The summed E-state index contributed by atoms with van der Waals surface area (Å²) in [5, 5.41) is 2.91. The van der Waals surface area contributed by atoms with Gasteiger partial charge in [-0.1, -0.05) is 18.2 Å². The predicted octanol–water partition coefficient (Wildman–Crippen LogP) is 3.02. The van der Waals surface area contributed by atoms with Crippen molar-refractivity contribution in [3.8, 4) is 0 Å². The smallest absolute Gasteiger partial charge is 0.305 e. The first-order valence-corrected chi connectivity index (χ1v) is 6.88. The van der Waals surface area contributed by atoms with Crippen molar-refractivity contribution < 1.29 is 9.53 Å². The largest absolute Gasteiger partial charge is 0.469 e. The van der Waals surface area contributed by atoms with Crippen LogP contribution in [0, 0.1) is 0 Å². The molecule has 0 aliphatic heterocycles. The number of para-hydroxylation sites is 1. The normalized spacial score (nSPS) is 10.2. The first kappa shape index (κ1) is 13.5. The van der Waals surface area contributed by atoms with E-state index in [1.54, 1.807) is 11.3 Å². The zero-order chi connectivity index (χ0) is 13.7. The Morgan fingerprint density at radius 1 is 1.37 bits per heavy atom. The topological polar surface area (TPSA) is 42.4 Å². The molecular formula is C14H16N2O2S. The van der Waals surface area contributed by atoms with Gasteiger partial charge in [0.25, 0.3) is 0 Å². The van der Waals surface area contributed by atoms with E-state index in [-0.39, 0.29) is 5.97 Å². The van der Waals surface area contributed by atoms with Crippen molar-refractivity contribution in [2.24, 2.45) is 0 Å². The van der Waals surface area contributed by atoms with Gasteiger partial charge in [-0.2, -0.15) is 0 Å². The minimum absolute atomic E-state index is 0.203. The number of aromatic nitrogens is 1. The molecule has 4 nitrogen and oxygen atoms in total. The lowest BCUT2D eigenvalue weighted by molar-refractivity contribution is -0.140. The molecule has 0 amide bonds. The summed E-state index contributed by atoms with van der Waals surface area (Å²) < 4.78 is 4.62. The van der Waals surface area contributed by atoms with Gasteiger partial charge in [0.1, 0.15) is 0 Å². The summed E-state index contributed by atoms with van der Waals surface area (Å²) >= 11 is 1.57. The first-order valence-electron chi connectivity index (χ1n) is 6.00. The van der Waals surface area contributed by atoms with E-state index in [0.717, 1.165) is 16.5 Å². The van der Waals surface area contributed by atoms with Crippen molar-refractivity contribution in [2.75, 3.05) is 19.1 Å². The molecule has 0 atom stereocenters. The van der Waals surface area contributed by atoms with Crippen LogP contribution in [0.2, 0.25) is 0 Å². The Kier molecular flexibility index (Phi) is 4.52. The minimum atomic E-state index is -0.203. The predicted molar refractivity (Wildman–Crippen MR) is 77.0 cm³/mol. The van der Waals surface area contributed by atoms with Crippen molar-refractivity contribution in [3.63, 3.8) is 0 Å². The fourth-order valence-corrected chi connectivity index (χ4v) is 2.50. The van der Waals surface area contributed by atoms with Crippen LogP contribution in [0.15, 0.2) is 35.7 Å². The average Bonchev–Trinajstić information content (AvgIpc) is 2.93. The third-order valence-corrected chi connectivity index (χ3v) is 3.75. The summed E-state index contributed by atoms with van der Waals surface area (Å²) in [5.74, 6) is -0.203. The fourth-order valence-electron chi connectivity index (χ4n) is 1.66. The molecule has 1 aromatic carbocycles. The molecule has 0 bridgehead atoms. The quantitative estimate of drug-likeness (QED) is 0.787. The number of hydrogen-bond acceptors (Lipinski definition) is 5. The van der Waals surface area contributed by atoms with E-state index < -0.39 is 0 Å². The molecular weight excluding hydrogens is 260 g/mol. The SMILES string of the molecule is COC(=O)CCc1csc(N(C)c2ccccc2)n1. The maximum absolute atomic E-state index is 11.1. The number of rotatable bonds is 5. The highest BCUT2D eigenvalue weighted by Crippen LogP contribution is 2.26. The lowest BCUT2D eigenvalue weighted by Crippen LogP contribution is -2.09. The molecule has 5 heteroatoms. The van der Waals surface area contributed by atoms with Crippen LogP contribution in [0.4, 0.5) is 10.8 Å². The molecule has 0 aliphatic rings. The highest BCUT2D eigenvalue weighted by Gasteiger charge is 2.10. The molecule has 0 radical (unpaired) electrons. The van der Waals surface area contributed by atoms with Gasteiger partial charge < -0.3 is 9.64 Å². The van der Waals surface area contributed by atoms with Crippen LogP contribution in [-0.2, 0) is 16.0 Å². The molecule has 100 valence electrons. The van der Waals surface area contributed by atoms with Crippen LogP contribution in [0.25, 0.3) is 0 Å². The van der Waals surface area contributed by atoms with Crippen LogP contribution < -0.4 is 4.90 Å². The van der Waals surface area contributed by atoms with E-state index in [1.165, 1.54) is 7.11 Å². The van der Waals surface area contributed by atoms with Gasteiger partial charge in [0, 0.05) is 24.5 Å². The van der Waals surface area contributed by atoms with Crippen molar-refractivity contribution in [2.45, 2.75) is 12.8 Å². The van der Waals surface area contributed by atoms with Gasteiger partial charge in [0.05, 0.1) is 19.2 Å². The maximum atomic E-state index is 11.1. The second-order valence-electron chi connectivity index (χ2n) is 4.09. The maximum Gasteiger partial charge on any atom is 0.305 e. The van der Waals surface area contributed by atoms with Gasteiger partial charge >= 0.3 is 5.97 Å². The second-order valence-corrected chi connectivity index (χ2v) is 4.93. The molecule has 0 saturated carbocycles. The van der Waals surface area contributed by atoms with Crippen molar-refractivity contribution in [1.82, 2.24) is 4.98 Å². The molecule has 2 rings (SSSR count).